The molecule has 1 aliphatic carbocycles. The second kappa shape index (κ2) is 9.58. The van der Waals surface area contributed by atoms with Crippen LogP contribution < -0.4 is 10.1 Å². The third kappa shape index (κ3) is 4.71. The van der Waals surface area contributed by atoms with Crippen molar-refractivity contribution in [1.29, 1.82) is 0 Å². The summed E-state index contributed by atoms with van der Waals surface area (Å²) in [7, 11) is 0. The average Bonchev–Trinajstić information content (AvgIpc) is 3.59. The van der Waals surface area contributed by atoms with E-state index in [1.54, 1.807) is 5.38 Å². The molecule has 1 atom stereocenters. The summed E-state index contributed by atoms with van der Waals surface area (Å²) in [6, 6.07) is 14.6. The van der Waals surface area contributed by atoms with Gasteiger partial charge in [0.25, 0.3) is 5.91 Å². The van der Waals surface area contributed by atoms with Crippen LogP contribution in [0.25, 0.3) is 0 Å². The normalized spacial score (nSPS) is 17.2. The van der Waals surface area contributed by atoms with Gasteiger partial charge in [0.2, 0.25) is 5.91 Å². The summed E-state index contributed by atoms with van der Waals surface area (Å²) in [5.41, 5.74) is 5.13. The zero-order valence-corrected chi connectivity index (χ0v) is 20.4. The first-order valence-electron chi connectivity index (χ1n) is 11.9. The van der Waals surface area contributed by atoms with Crippen LogP contribution in [-0.2, 0) is 17.8 Å². The van der Waals surface area contributed by atoms with Gasteiger partial charge in [0.15, 0.2) is 0 Å². The lowest BCUT2D eigenvalue weighted by atomic mass is 9.87. The molecule has 0 radical (unpaired) electrons. The first-order chi connectivity index (χ1) is 16.5. The maximum Gasteiger partial charge on any atom is 0.270 e. The first-order valence-corrected chi connectivity index (χ1v) is 12.8. The van der Waals surface area contributed by atoms with Gasteiger partial charge in [0.1, 0.15) is 23.1 Å². The zero-order chi connectivity index (χ0) is 23.7. The molecule has 5 rings (SSSR count). The molecule has 1 fully saturated rings. The maximum atomic E-state index is 13.2. The predicted octanol–water partition coefficient (Wildman–Crippen LogP) is 4.66. The standard InChI is InChI=1S/C27H29N3O3S/c1-3-28-26(31)23-16-34-24(29-23)15-33-21-11-10-18-12-13-30(27(32)20-8-9-20)25(22(18)14-21)19-6-4-17(2)5-7-19/h4-7,10-11,14,16,20,25H,3,8-9,12-13,15H2,1-2H3,(H,28,31)/t25-/m1/s1. The molecule has 6 nitrogen and oxygen atoms in total. The fourth-order valence-corrected chi connectivity index (χ4v) is 5.16. The zero-order valence-electron chi connectivity index (χ0n) is 19.5. The number of ether oxygens (including phenoxy) is 1. The minimum atomic E-state index is -0.167. The Kier molecular flexibility index (Phi) is 6.37. The van der Waals surface area contributed by atoms with Crippen LogP contribution in [0.1, 0.15) is 63.6 Å². The van der Waals surface area contributed by atoms with E-state index >= 15 is 0 Å². The Morgan fingerprint density at radius 3 is 2.71 bits per heavy atom. The topological polar surface area (TPSA) is 71.5 Å². The van der Waals surface area contributed by atoms with Crippen molar-refractivity contribution in [3.05, 3.63) is 80.8 Å². The number of nitrogens with one attached hydrogen (secondary N) is 1. The molecule has 0 saturated heterocycles. The highest BCUT2D eigenvalue weighted by Crippen LogP contribution is 2.41. The van der Waals surface area contributed by atoms with Crippen molar-refractivity contribution in [3.63, 3.8) is 0 Å². The van der Waals surface area contributed by atoms with E-state index in [9.17, 15) is 9.59 Å². The number of thiazole rings is 1. The molecule has 176 valence electrons. The van der Waals surface area contributed by atoms with E-state index in [0.29, 0.717) is 18.8 Å². The highest BCUT2D eigenvalue weighted by atomic mass is 32.1. The van der Waals surface area contributed by atoms with Gasteiger partial charge in [-0.2, -0.15) is 0 Å². The van der Waals surface area contributed by atoms with Crippen LogP contribution in [0.2, 0.25) is 0 Å². The summed E-state index contributed by atoms with van der Waals surface area (Å²) in [4.78, 5) is 31.6. The Morgan fingerprint density at radius 2 is 1.97 bits per heavy atom. The lowest BCUT2D eigenvalue weighted by Gasteiger charge is -2.38. The number of fused-ring (bicyclic) bond motifs is 1. The summed E-state index contributed by atoms with van der Waals surface area (Å²) in [5, 5.41) is 5.27. The summed E-state index contributed by atoms with van der Waals surface area (Å²) in [6.45, 7) is 5.56. The Labute approximate surface area is 204 Å². The van der Waals surface area contributed by atoms with Crippen molar-refractivity contribution >= 4 is 23.2 Å². The van der Waals surface area contributed by atoms with Gasteiger partial charge in [-0.3, -0.25) is 9.59 Å². The van der Waals surface area contributed by atoms with E-state index in [1.807, 2.05) is 13.0 Å². The molecule has 1 N–H and O–H groups in total. The van der Waals surface area contributed by atoms with Gasteiger partial charge >= 0.3 is 0 Å². The van der Waals surface area contributed by atoms with Gasteiger partial charge < -0.3 is 15.0 Å². The third-order valence-corrected chi connectivity index (χ3v) is 7.25. The predicted molar refractivity (Wildman–Crippen MR) is 132 cm³/mol. The molecular weight excluding hydrogens is 446 g/mol. The van der Waals surface area contributed by atoms with E-state index < -0.39 is 0 Å². The van der Waals surface area contributed by atoms with Crippen LogP contribution in [0.4, 0.5) is 0 Å². The number of carbonyl (C=O) groups is 2. The Bertz CT molecular complexity index is 1200. The van der Waals surface area contributed by atoms with Crippen molar-refractivity contribution in [3.8, 4) is 5.75 Å². The van der Waals surface area contributed by atoms with E-state index in [2.05, 4.69) is 58.5 Å². The van der Waals surface area contributed by atoms with Gasteiger partial charge in [0, 0.05) is 24.4 Å². The number of rotatable bonds is 7. The number of amides is 2. The number of aromatic nitrogens is 1. The van der Waals surface area contributed by atoms with Crippen LogP contribution >= 0.6 is 11.3 Å². The smallest absolute Gasteiger partial charge is 0.270 e. The van der Waals surface area contributed by atoms with Crippen LogP contribution in [0, 0.1) is 12.8 Å². The molecule has 0 spiro atoms. The van der Waals surface area contributed by atoms with E-state index in [1.165, 1.54) is 22.5 Å². The van der Waals surface area contributed by atoms with Crippen molar-refractivity contribution in [2.24, 2.45) is 5.92 Å². The average molecular weight is 476 g/mol. The van der Waals surface area contributed by atoms with Crippen molar-refractivity contribution in [1.82, 2.24) is 15.2 Å². The van der Waals surface area contributed by atoms with Crippen molar-refractivity contribution < 1.29 is 14.3 Å². The molecule has 1 saturated carbocycles. The molecule has 0 unspecified atom stereocenters. The number of benzene rings is 2. The molecule has 2 amide bonds. The summed E-state index contributed by atoms with van der Waals surface area (Å²) < 4.78 is 6.08. The molecule has 2 heterocycles. The van der Waals surface area contributed by atoms with E-state index in [0.717, 1.165) is 47.7 Å². The van der Waals surface area contributed by atoms with Crippen molar-refractivity contribution in [2.75, 3.05) is 13.1 Å². The largest absolute Gasteiger partial charge is 0.486 e. The molecular formula is C27H29N3O3S. The summed E-state index contributed by atoms with van der Waals surface area (Å²) >= 11 is 1.42. The molecule has 7 heteroatoms. The lowest BCUT2D eigenvalue weighted by Crippen LogP contribution is -2.41. The van der Waals surface area contributed by atoms with Crippen molar-refractivity contribution in [2.45, 2.75) is 45.8 Å². The fourth-order valence-electron chi connectivity index (χ4n) is 4.47. The quantitative estimate of drug-likeness (QED) is 0.539. The molecule has 3 aromatic rings. The Hall–Kier alpha value is -3.19. The summed E-state index contributed by atoms with van der Waals surface area (Å²) in [5.74, 6) is 1.02. The van der Waals surface area contributed by atoms with Gasteiger partial charge in [0.05, 0.1) is 6.04 Å². The molecule has 2 aliphatic rings. The lowest BCUT2D eigenvalue weighted by molar-refractivity contribution is -0.134. The SMILES string of the molecule is CCNC(=O)c1csc(COc2ccc3c(c2)[C@@H](c2ccc(C)cc2)N(C(=O)C2CC2)CC3)n1. The first kappa shape index (κ1) is 22.6. The van der Waals surface area contributed by atoms with E-state index in [4.69, 9.17) is 4.74 Å². The number of carbonyl (C=O) groups excluding carboxylic acids is 2. The highest BCUT2D eigenvalue weighted by Gasteiger charge is 2.39. The number of nitrogens with zero attached hydrogens (tertiary/aromatic N) is 2. The molecule has 2 aromatic carbocycles. The molecule has 1 aromatic heterocycles. The molecule has 0 bridgehead atoms. The highest BCUT2D eigenvalue weighted by molar-refractivity contribution is 7.09. The maximum absolute atomic E-state index is 13.2. The summed E-state index contributed by atoms with van der Waals surface area (Å²) in [6.07, 6.45) is 2.84. The van der Waals surface area contributed by atoms with Gasteiger partial charge in [-0.25, -0.2) is 4.98 Å². The second-order valence-electron chi connectivity index (χ2n) is 9.00. The van der Waals surface area contributed by atoms with E-state index in [-0.39, 0.29) is 23.8 Å². The Balaban J connectivity index is 1.40. The van der Waals surface area contributed by atoms with Crippen LogP contribution in [0.3, 0.4) is 0 Å². The minimum absolute atomic E-state index is 0.106. The van der Waals surface area contributed by atoms with Gasteiger partial charge in [-0.05, 0) is 61.9 Å². The second-order valence-corrected chi connectivity index (χ2v) is 9.95. The number of hydrogen-bond acceptors (Lipinski definition) is 5. The number of hydrogen-bond donors (Lipinski definition) is 1. The van der Waals surface area contributed by atoms with Gasteiger partial charge in [-0.1, -0.05) is 35.9 Å². The monoisotopic (exact) mass is 475 g/mol. The van der Waals surface area contributed by atoms with Crippen LogP contribution in [0.5, 0.6) is 5.75 Å². The Morgan fingerprint density at radius 1 is 1.18 bits per heavy atom. The molecule has 1 aliphatic heterocycles. The van der Waals surface area contributed by atoms with Crippen LogP contribution in [0.15, 0.2) is 47.8 Å². The minimum Gasteiger partial charge on any atom is -0.486 e. The third-order valence-electron chi connectivity index (χ3n) is 6.43. The van der Waals surface area contributed by atoms with Gasteiger partial charge in [-0.15, -0.1) is 11.3 Å². The van der Waals surface area contributed by atoms with Crippen LogP contribution in [-0.4, -0.2) is 34.8 Å². The molecule has 34 heavy (non-hydrogen) atoms. The fraction of sp³-hybridized carbons (Fsp3) is 0.370. The number of aryl methyl sites for hydroxylation is 1.